The van der Waals surface area contributed by atoms with Crippen molar-refractivity contribution in [3.8, 4) is 78.8 Å². The van der Waals surface area contributed by atoms with Crippen molar-refractivity contribution in [3.05, 3.63) is 229 Å². The molecule has 2 aliphatic carbocycles. The minimum Gasteiger partial charge on any atom is -0.253 e. The number of fused-ring (bicyclic) bond motifs is 13. The maximum atomic E-state index is 5.27. The lowest BCUT2D eigenvalue weighted by Gasteiger charge is -2.35. The van der Waals surface area contributed by atoms with Gasteiger partial charge >= 0.3 is 0 Å². The monoisotopic (exact) mass is 750 g/mol. The molecule has 2 heterocycles. The fourth-order valence-corrected chi connectivity index (χ4v) is 9.71. The van der Waals surface area contributed by atoms with Crippen LogP contribution in [-0.2, 0) is 5.41 Å². The van der Waals surface area contributed by atoms with Crippen LogP contribution in [0.2, 0.25) is 0 Å². The van der Waals surface area contributed by atoms with Crippen LogP contribution in [0.1, 0.15) is 22.3 Å². The zero-order valence-electron chi connectivity index (χ0n) is 31.9. The lowest BCUT2D eigenvalue weighted by Crippen LogP contribution is -2.29. The van der Waals surface area contributed by atoms with Gasteiger partial charge in [0.05, 0.1) is 5.41 Å². The van der Waals surface area contributed by atoms with Gasteiger partial charge < -0.3 is 0 Å². The highest BCUT2D eigenvalue weighted by Gasteiger charge is 2.49. The third-order valence-corrected chi connectivity index (χ3v) is 12.2. The lowest BCUT2D eigenvalue weighted by molar-refractivity contribution is 0.775. The molecule has 2 aromatic heterocycles. The fourth-order valence-electron chi connectivity index (χ4n) is 9.71. The Morgan fingerprint density at radius 2 is 0.780 bits per heavy atom. The van der Waals surface area contributed by atoms with E-state index in [0.717, 1.165) is 16.7 Å². The molecule has 8 aromatic carbocycles. The number of rotatable bonds is 4. The quantitative estimate of drug-likeness (QED) is 0.180. The van der Waals surface area contributed by atoms with Crippen molar-refractivity contribution in [2.45, 2.75) is 5.41 Å². The number of nitrogens with zero attached hydrogens (tertiary/aromatic N) is 4. The molecule has 4 nitrogen and oxygen atoms in total. The van der Waals surface area contributed by atoms with Gasteiger partial charge in [-0.05, 0) is 95.7 Å². The molecule has 59 heavy (non-hydrogen) atoms. The second-order valence-electron chi connectivity index (χ2n) is 15.3. The van der Waals surface area contributed by atoms with Gasteiger partial charge in [0, 0.05) is 17.3 Å². The molecule has 1 spiro atoms. The molecule has 0 N–H and O–H groups in total. The van der Waals surface area contributed by atoms with Crippen molar-refractivity contribution in [3.63, 3.8) is 0 Å². The molecule has 0 aliphatic heterocycles. The first-order valence-electron chi connectivity index (χ1n) is 20.1. The molecule has 0 saturated heterocycles. The Hall–Kier alpha value is -7.82. The van der Waals surface area contributed by atoms with Crippen molar-refractivity contribution < 1.29 is 0 Å². The Bertz CT molecular complexity index is 3230. The summed E-state index contributed by atoms with van der Waals surface area (Å²) >= 11 is 0. The predicted octanol–water partition coefficient (Wildman–Crippen LogP) is 13.1. The van der Waals surface area contributed by atoms with Crippen LogP contribution in [0.5, 0.6) is 0 Å². The highest BCUT2D eigenvalue weighted by molar-refractivity contribution is 5.99. The number of benzene rings is 8. The molecule has 4 heteroatoms. The van der Waals surface area contributed by atoms with Crippen LogP contribution in [0.25, 0.3) is 89.6 Å². The van der Waals surface area contributed by atoms with Crippen LogP contribution < -0.4 is 0 Å². The first kappa shape index (κ1) is 33.3. The summed E-state index contributed by atoms with van der Waals surface area (Å²) < 4.78 is 0. The Labute approximate surface area is 342 Å². The lowest BCUT2D eigenvalue weighted by atomic mass is 9.65. The standard InChI is InChI=1S/C55H34N4/c1-2-16-39-35(14-1)15-13-22-40(39)36-27-29-37(30-28-36)52-57-53(59-54(58-52)51-26-11-12-33-56-51)38-31-32-46-42-18-4-3-17-41(42)43-19-5-8-23-47(43)55(50(46)34-38)48-24-9-6-20-44(48)45-21-7-10-25-49(45)55/h1-34H. The smallest absolute Gasteiger partial charge is 0.182 e. The summed E-state index contributed by atoms with van der Waals surface area (Å²) in [5.74, 6) is 1.72. The van der Waals surface area contributed by atoms with E-state index in [1.807, 2.05) is 18.2 Å². The van der Waals surface area contributed by atoms with Gasteiger partial charge in [-0.1, -0.05) is 182 Å². The molecule has 2 aliphatic rings. The summed E-state index contributed by atoms with van der Waals surface area (Å²) in [6, 6.07) is 71.8. The van der Waals surface area contributed by atoms with E-state index in [1.54, 1.807) is 6.20 Å². The molecule has 10 aromatic rings. The van der Waals surface area contributed by atoms with E-state index in [-0.39, 0.29) is 0 Å². The van der Waals surface area contributed by atoms with Crippen LogP contribution in [0.15, 0.2) is 206 Å². The highest BCUT2D eigenvalue weighted by Crippen LogP contribution is 2.61. The zero-order valence-corrected chi connectivity index (χ0v) is 31.9. The van der Waals surface area contributed by atoms with Crippen molar-refractivity contribution in [1.82, 2.24) is 19.9 Å². The molecule has 12 rings (SSSR count). The maximum Gasteiger partial charge on any atom is 0.182 e. The second-order valence-corrected chi connectivity index (χ2v) is 15.3. The van der Waals surface area contributed by atoms with Crippen LogP contribution in [0, 0.1) is 0 Å². The van der Waals surface area contributed by atoms with E-state index in [9.17, 15) is 0 Å². The molecule has 0 bridgehead atoms. The molecule has 0 unspecified atom stereocenters. The van der Waals surface area contributed by atoms with Gasteiger partial charge in [-0.3, -0.25) is 4.98 Å². The molecule has 0 amide bonds. The first-order chi connectivity index (χ1) is 29.3. The van der Waals surface area contributed by atoms with Gasteiger partial charge in [0.2, 0.25) is 0 Å². The van der Waals surface area contributed by atoms with Gasteiger partial charge in [0.25, 0.3) is 0 Å². The van der Waals surface area contributed by atoms with Crippen molar-refractivity contribution in [2.24, 2.45) is 0 Å². The van der Waals surface area contributed by atoms with Gasteiger partial charge in [0.15, 0.2) is 17.5 Å². The van der Waals surface area contributed by atoms with Gasteiger partial charge in [-0.2, -0.15) is 0 Å². The molecule has 0 atom stereocenters. The summed E-state index contributed by atoms with van der Waals surface area (Å²) in [6.07, 6.45) is 1.79. The predicted molar refractivity (Wildman–Crippen MR) is 239 cm³/mol. The average Bonchev–Trinajstić information content (AvgIpc) is 3.56. The topological polar surface area (TPSA) is 51.6 Å². The van der Waals surface area contributed by atoms with Crippen molar-refractivity contribution in [1.29, 1.82) is 0 Å². The van der Waals surface area contributed by atoms with E-state index >= 15 is 0 Å². The third-order valence-electron chi connectivity index (χ3n) is 12.2. The van der Waals surface area contributed by atoms with Crippen molar-refractivity contribution in [2.75, 3.05) is 0 Å². The van der Waals surface area contributed by atoms with Crippen LogP contribution in [0.4, 0.5) is 0 Å². The number of pyridine rings is 1. The van der Waals surface area contributed by atoms with Gasteiger partial charge in [-0.25, -0.2) is 15.0 Å². The molecule has 0 saturated carbocycles. The normalized spacial score (nSPS) is 12.9. The number of hydrogen-bond acceptors (Lipinski definition) is 4. The third kappa shape index (κ3) is 5.03. The van der Waals surface area contributed by atoms with E-state index in [1.165, 1.54) is 72.0 Å². The molecule has 0 fully saturated rings. The second kappa shape index (κ2) is 13.1. The maximum absolute atomic E-state index is 5.27. The van der Waals surface area contributed by atoms with Gasteiger partial charge in [-0.15, -0.1) is 0 Å². The Morgan fingerprint density at radius 3 is 1.44 bits per heavy atom. The van der Waals surface area contributed by atoms with Gasteiger partial charge in [0.1, 0.15) is 5.69 Å². The molecule has 274 valence electrons. The Kier molecular flexibility index (Phi) is 7.41. The first-order valence-corrected chi connectivity index (χ1v) is 20.1. The SMILES string of the molecule is c1ccc(-c2nc(-c3ccc(-c4cccc5ccccc45)cc3)nc(-c3ccc4c(c3)C3(c5ccccc5-c5ccccc5-4)c4ccccc4-c4ccccc43)n2)nc1. The van der Waals surface area contributed by atoms with Crippen LogP contribution in [-0.4, -0.2) is 19.9 Å². The summed E-state index contributed by atoms with van der Waals surface area (Å²) in [5, 5.41) is 2.44. The van der Waals surface area contributed by atoms with E-state index in [4.69, 9.17) is 15.0 Å². The number of hydrogen-bond donors (Lipinski definition) is 0. The summed E-state index contributed by atoms with van der Waals surface area (Å²) in [7, 11) is 0. The molecular formula is C55H34N4. The van der Waals surface area contributed by atoms with E-state index < -0.39 is 5.41 Å². The molecular weight excluding hydrogens is 717 g/mol. The van der Waals surface area contributed by atoms with Crippen LogP contribution >= 0.6 is 0 Å². The Balaban J connectivity index is 1.10. The minimum atomic E-state index is -0.606. The average molecular weight is 751 g/mol. The van der Waals surface area contributed by atoms with E-state index in [2.05, 4.69) is 187 Å². The zero-order chi connectivity index (χ0) is 38.9. The van der Waals surface area contributed by atoms with Crippen LogP contribution in [0.3, 0.4) is 0 Å². The summed E-state index contributed by atoms with van der Waals surface area (Å²) in [5.41, 5.74) is 16.6. The van der Waals surface area contributed by atoms with Crippen molar-refractivity contribution >= 4 is 10.8 Å². The fraction of sp³-hybridized carbons (Fsp3) is 0.0182. The molecule has 0 radical (unpaired) electrons. The van der Waals surface area contributed by atoms with E-state index in [0.29, 0.717) is 23.2 Å². The summed E-state index contributed by atoms with van der Waals surface area (Å²) in [6.45, 7) is 0. The largest absolute Gasteiger partial charge is 0.253 e. The summed E-state index contributed by atoms with van der Waals surface area (Å²) in [4.78, 5) is 20.2. The number of aromatic nitrogens is 4. The Morgan fingerprint density at radius 1 is 0.305 bits per heavy atom. The minimum absolute atomic E-state index is 0.528. The highest BCUT2D eigenvalue weighted by atomic mass is 15.0.